The summed E-state index contributed by atoms with van der Waals surface area (Å²) < 4.78 is 1.39. The highest BCUT2D eigenvalue weighted by Gasteiger charge is 2.31. The lowest BCUT2D eigenvalue weighted by molar-refractivity contribution is -0.357. The Hall–Kier alpha value is -1.77. The van der Waals surface area contributed by atoms with Gasteiger partial charge in [-0.2, -0.15) is 0 Å². The van der Waals surface area contributed by atoms with Gasteiger partial charge in [-0.3, -0.25) is 4.79 Å². The fraction of sp³-hybridized carbons (Fsp3) is 0.182. The van der Waals surface area contributed by atoms with Crippen LogP contribution in [0.25, 0.3) is 0 Å². The summed E-state index contributed by atoms with van der Waals surface area (Å²) in [6, 6.07) is 5.49. The quantitative estimate of drug-likeness (QED) is 0.578. The number of benzene rings is 1. The largest absolute Gasteiger partial charge is 0.389 e. The van der Waals surface area contributed by atoms with Gasteiger partial charge in [0.05, 0.1) is 6.92 Å². The van der Waals surface area contributed by atoms with Crippen molar-refractivity contribution in [1.82, 2.24) is 0 Å². The molecular weight excluding hydrogens is 178 g/mol. The highest BCUT2D eigenvalue weighted by atomic mass is 16.2. The second-order valence-electron chi connectivity index (χ2n) is 3.40. The Labute approximate surface area is 81.7 Å². The van der Waals surface area contributed by atoms with E-state index in [0.29, 0.717) is 11.3 Å². The van der Waals surface area contributed by atoms with Gasteiger partial charge in [0.15, 0.2) is 0 Å². The number of nitrogens with zero attached hydrogens (tertiary/aromatic N) is 1. The molecule has 0 aliphatic carbocycles. The van der Waals surface area contributed by atoms with E-state index in [9.17, 15) is 9.59 Å². The van der Waals surface area contributed by atoms with Crippen molar-refractivity contribution in [3.63, 3.8) is 0 Å². The molecule has 14 heavy (non-hydrogen) atoms. The number of carbonyl (C=O) groups excluding carboxylic acids is 2. The van der Waals surface area contributed by atoms with Crippen molar-refractivity contribution in [1.29, 1.82) is 0 Å². The van der Waals surface area contributed by atoms with Gasteiger partial charge in [0, 0.05) is 6.07 Å². The molecule has 0 unspecified atom stereocenters. The predicted octanol–water partition coefficient (Wildman–Crippen LogP) is 1.45. The number of rotatable bonds is 0. The van der Waals surface area contributed by atoms with Crippen LogP contribution in [-0.4, -0.2) is 22.5 Å². The molecule has 1 amide bonds. The third-order valence-electron chi connectivity index (χ3n) is 2.26. The zero-order valence-electron chi connectivity index (χ0n) is 8.07. The van der Waals surface area contributed by atoms with Crippen LogP contribution < -0.4 is 0 Å². The summed E-state index contributed by atoms with van der Waals surface area (Å²) in [5.41, 5.74) is 2.32. The summed E-state index contributed by atoms with van der Waals surface area (Å²) in [4.78, 5) is 22.7. The van der Waals surface area contributed by atoms with Crippen LogP contribution in [0.1, 0.15) is 22.8 Å². The molecule has 1 aromatic carbocycles. The minimum atomic E-state index is -0.138. The van der Waals surface area contributed by atoms with E-state index in [1.807, 2.05) is 13.0 Å². The average Bonchev–Trinajstić information content (AvgIpc) is 2.44. The molecule has 0 fully saturated rings. The minimum Gasteiger partial charge on any atom is -0.282 e. The summed E-state index contributed by atoms with van der Waals surface area (Å²) in [6.45, 7) is 3.36. The van der Waals surface area contributed by atoms with E-state index >= 15 is 0 Å². The highest BCUT2D eigenvalue weighted by Crippen LogP contribution is 2.24. The third-order valence-corrected chi connectivity index (χ3v) is 2.26. The van der Waals surface area contributed by atoms with Crippen molar-refractivity contribution in [2.45, 2.75) is 13.8 Å². The van der Waals surface area contributed by atoms with E-state index in [-0.39, 0.29) is 11.7 Å². The molecule has 0 bridgehead atoms. The normalized spacial score (nSPS) is 13.9. The molecule has 0 saturated carbocycles. The third kappa shape index (κ3) is 1.18. The Morgan fingerprint density at radius 1 is 1.36 bits per heavy atom. The minimum absolute atomic E-state index is 0.0982. The zero-order valence-corrected chi connectivity index (χ0v) is 8.07. The maximum Gasteiger partial charge on any atom is 0.389 e. The van der Waals surface area contributed by atoms with Crippen molar-refractivity contribution < 1.29 is 14.2 Å². The van der Waals surface area contributed by atoms with Gasteiger partial charge in [0.2, 0.25) is 11.9 Å². The smallest absolute Gasteiger partial charge is 0.282 e. The molecule has 1 heterocycles. The van der Waals surface area contributed by atoms with E-state index in [2.05, 4.69) is 0 Å². The SMILES string of the molecule is CC(=O)[N+]1=CC(=O)c2cc(C)ccc21. The van der Waals surface area contributed by atoms with Crippen LogP contribution in [0.5, 0.6) is 0 Å². The summed E-state index contributed by atoms with van der Waals surface area (Å²) in [5.74, 6) is -0.236. The molecule has 3 nitrogen and oxygen atoms in total. The second-order valence-corrected chi connectivity index (χ2v) is 3.40. The Kier molecular flexibility index (Phi) is 1.81. The first-order valence-corrected chi connectivity index (χ1v) is 4.39. The molecule has 0 atom stereocenters. The van der Waals surface area contributed by atoms with Crippen LogP contribution in [0.4, 0.5) is 5.69 Å². The number of hydrogen-bond acceptors (Lipinski definition) is 2. The van der Waals surface area contributed by atoms with E-state index in [0.717, 1.165) is 5.56 Å². The Morgan fingerprint density at radius 3 is 2.71 bits per heavy atom. The van der Waals surface area contributed by atoms with E-state index in [1.165, 1.54) is 17.7 Å². The number of hydrogen-bond donors (Lipinski definition) is 0. The number of carbonyl (C=O) groups is 2. The van der Waals surface area contributed by atoms with Crippen molar-refractivity contribution in [3.05, 3.63) is 29.3 Å². The van der Waals surface area contributed by atoms with Crippen LogP contribution in [0.3, 0.4) is 0 Å². The molecule has 0 aromatic heterocycles. The molecule has 1 aromatic rings. The molecule has 3 heteroatoms. The maximum atomic E-state index is 11.5. The molecule has 0 spiro atoms. The number of ketones is 1. The molecular formula is C11H10NO2+. The van der Waals surface area contributed by atoms with Gasteiger partial charge in [-0.15, -0.1) is 4.58 Å². The van der Waals surface area contributed by atoms with Crippen LogP contribution >= 0.6 is 0 Å². The van der Waals surface area contributed by atoms with Gasteiger partial charge in [0.1, 0.15) is 5.56 Å². The average molecular weight is 188 g/mol. The summed E-state index contributed by atoms with van der Waals surface area (Å²) in [6.07, 6.45) is 1.34. The Bertz CT molecular complexity index is 472. The van der Waals surface area contributed by atoms with Crippen LogP contribution in [0.15, 0.2) is 18.2 Å². The molecule has 0 saturated heterocycles. The highest BCUT2D eigenvalue weighted by molar-refractivity contribution is 6.37. The van der Waals surface area contributed by atoms with Crippen molar-refractivity contribution in [3.8, 4) is 0 Å². The molecule has 0 radical (unpaired) electrons. The molecule has 2 rings (SSSR count). The van der Waals surface area contributed by atoms with Gasteiger partial charge >= 0.3 is 5.91 Å². The van der Waals surface area contributed by atoms with Crippen molar-refractivity contribution in [2.75, 3.05) is 0 Å². The number of aryl methyl sites for hydroxylation is 1. The second kappa shape index (κ2) is 2.87. The van der Waals surface area contributed by atoms with Crippen LogP contribution in [0, 0.1) is 6.92 Å². The van der Waals surface area contributed by atoms with Gasteiger partial charge in [-0.25, -0.2) is 4.79 Å². The number of amides is 1. The summed E-state index contributed by atoms with van der Waals surface area (Å²) >= 11 is 0. The molecule has 0 N–H and O–H groups in total. The van der Waals surface area contributed by atoms with E-state index in [1.54, 1.807) is 12.1 Å². The van der Waals surface area contributed by atoms with Gasteiger partial charge < -0.3 is 0 Å². The van der Waals surface area contributed by atoms with Gasteiger partial charge in [-0.05, 0) is 18.6 Å². The first-order valence-electron chi connectivity index (χ1n) is 4.39. The number of fused-ring (bicyclic) bond motifs is 1. The number of Topliss-reactive ketones (excluding diaryl/α,β-unsaturated/α-hetero) is 1. The van der Waals surface area contributed by atoms with E-state index in [4.69, 9.17) is 0 Å². The standard InChI is InChI=1S/C11H10NO2/c1-7-3-4-10-9(5-7)11(14)6-12(10)8(2)13/h3-6H,1-2H3/q+1. The van der Waals surface area contributed by atoms with Crippen molar-refractivity contribution >= 4 is 23.6 Å². The monoisotopic (exact) mass is 188 g/mol. The first kappa shape index (κ1) is 8.81. The topological polar surface area (TPSA) is 37.1 Å². The lowest BCUT2D eigenvalue weighted by atomic mass is 10.1. The molecule has 1 aliphatic rings. The first-order chi connectivity index (χ1) is 6.59. The maximum absolute atomic E-state index is 11.5. The van der Waals surface area contributed by atoms with Crippen LogP contribution in [-0.2, 0) is 4.79 Å². The van der Waals surface area contributed by atoms with Crippen LogP contribution in [0.2, 0.25) is 0 Å². The summed E-state index contributed by atoms with van der Waals surface area (Å²) in [7, 11) is 0. The lowest BCUT2D eigenvalue weighted by Gasteiger charge is -1.95. The predicted molar refractivity (Wildman–Crippen MR) is 52.2 cm³/mol. The van der Waals surface area contributed by atoms with Crippen molar-refractivity contribution in [2.24, 2.45) is 0 Å². The fourth-order valence-electron chi connectivity index (χ4n) is 1.57. The Balaban J connectivity index is 2.64. The van der Waals surface area contributed by atoms with E-state index < -0.39 is 0 Å². The lowest BCUT2D eigenvalue weighted by Crippen LogP contribution is -2.10. The zero-order chi connectivity index (χ0) is 10.3. The molecule has 70 valence electrons. The molecule has 1 aliphatic heterocycles. The fourth-order valence-corrected chi connectivity index (χ4v) is 1.57. The van der Waals surface area contributed by atoms with Gasteiger partial charge in [0.25, 0.3) is 5.78 Å². The summed E-state index contributed by atoms with van der Waals surface area (Å²) in [5, 5.41) is 0. The van der Waals surface area contributed by atoms with Gasteiger partial charge in [-0.1, -0.05) is 6.07 Å². The Morgan fingerprint density at radius 2 is 2.07 bits per heavy atom.